The van der Waals surface area contributed by atoms with Crippen LogP contribution in [0.3, 0.4) is 0 Å². The number of carbonyl (C=O) groups excluding carboxylic acids is 2. The number of hydrazine groups is 1. The third kappa shape index (κ3) is 8.05. The number of ether oxygens (including phenoxy) is 1. The van der Waals surface area contributed by atoms with Crippen LogP contribution in [0, 0.1) is 6.92 Å². The van der Waals surface area contributed by atoms with Gasteiger partial charge in [0.15, 0.2) is 11.7 Å². The van der Waals surface area contributed by atoms with E-state index in [2.05, 4.69) is 30.0 Å². The average Bonchev–Trinajstić information content (AvgIpc) is 2.75. The summed E-state index contributed by atoms with van der Waals surface area (Å²) < 4.78 is 5.45. The van der Waals surface area contributed by atoms with Crippen LogP contribution in [0.1, 0.15) is 42.9 Å². The Labute approximate surface area is 182 Å². The number of nitrogens with one attached hydrogen (secondary N) is 3. The van der Waals surface area contributed by atoms with Crippen LogP contribution in [0.25, 0.3) is 6.08 Å². The predicted molar refractivity (Wildman–Crippen MR) is 123 cm³/mol. The molecule has 0 aliphatic carbocycles. The minimum absolute atomic E-state index is 0.0141. The number of aryl methyl sites for hydroxylation is 1. The van der Waals surface area contributed by atoms with E-state index in [0.29, 0.717) is 11.7 Å². The molecule has 0 saturated heterocycles. The summed E-state index contributed by atoms with van der Waals surface area (Å²) in [5.41, 5.74) is 8.13. The van der Waals surface area contributed by atoms with E-state index in [1.807, 2.05) is 55.5 Å². The van der Waals surface area contributed by atoms with Gasteiger partial charge in [0.1, 0.15) is 5.75 Å². The van der Waals surface area contributed by atoms with Gasteiger partial charge in [-0.25, -0.2) is 0 Å². The van der Waals surface area contributed by atoms with E-state index in [-0.39, 0.29) is 11.7 Å². The summed E-state index contributed by atoms with van der Waals surface area (Å²) in [6.07, 6.45) is 4.11. The number of amides is 2. The molecule has 0 fully saturated rings. The first kappa shape index (κ1) is 23.1. The summed E-state index contributed by atoms with van der Waals surface area (Å²) in [6.45, 7) is 6.11. The summed E-state index contributed by atoms with van der Waals surface area (Å²) in [5, 5.41) is 2.44. The summed E-state index contributed by atoms with van der Waals surface area (Å²) in [5.74, 6) is 0.261. The Kier molecular flexibility index (Phi) is 9.03. The predicted octanol–water partition coefficient (Wildman–Crippen LogP) is 3.62. The molecule has 2 rings (SSSR count). The maximum Gasteiger partial charge on any atom is 0.276 e. The second-order valence-electron chi connectivity index (χ2n) is 6.90. The van der Waals surface area contributed by atoms with Crippen molar-refractivity contribution in [1.29, 1.82) is 0 Å². The van der Waals surface area contributed by atoms with Gasteiger partial charge in [0.05, 0.1) is 0 Å². The van der Waals surface area contributed by atoms with Gasteiger partial charge in [-0.1, -0.05) is 55.8 Å². The molecule has 158 valence electrons. The highest BCUT2D eigenvalue weighted by Gasteiger charge is 2.06. The van der Waals surface area contributed by atoms with E-state index in [1.165, 1.54) is 11.6 Å². The normalized spacial score (nSPS) is 11.6. The van der Waals surface area contributed by atoms with Crippen molar-refractivity contribution >= 4 is 35.2 Å². The third-order valence-corrected chi connectivity index (χ3v) is 4.69. The van der Waals surface area contributed by atoms with Gasteiger partial charge in [-0.3, -0.25) is 25.8 Å². The van der Waals surface area contributed by atoms with Crippen LogP contribution in [0.5, 0.6) is 5.75 Å². The van der Waals surface area contributed by atoms with Crippen molar-refractivity contribution < 1.29 is 14.3 Å². The van der Waals surface area contributed by atoms with Crippen molar-refractivity contribution in [3.05, 3.63) is 71.3 Å². The van der Waals surface area contributed by atoms with Gasteiger partial charge in [-0.15, -0.1) is 0 Å². The van der Waals surface area contributed by atoms with Gasteiger partial charge in [0, 0.05) is 6.08 Å². The Bertz CT molecular complexity index is 893. The first-order valence-corrected chi connectivity index (χ1v) is 10.2. The minimum atomic E-state index is -0.423. The summed E-state index contributed by atoms with van der Waals surface area (Å²) in [7, 11) is 0. The molecule has 0 spiro atoms. The molecular weight excluding hydrogens is 398 g/mol. The van der Waals surface area contributed by atoms with E-state index in [1.54, 1.807) is 6.08 Å². The van der Waals surface area contributed by atoms with Gasteiger partial charge in [0.2, 0.25) is 5.91 Å². The van der Waals surface area contributed by atoms with E-state index < -0.39 is 11.8 Å². The maximum atomic E-state index is 11.9. The largest absolute Gasteiger partial charge is 0.484 e. The first-order chi connectivity index (χ1) is 14.4. The Morgan fingerprint density at radius 3 is 2.37 bits per heavy atom. The number of carbonyl (C=O) groups is 2. The quantitative estimate of drug-likeness (QED) is 0.359. The Morgan fingerprint density at radius 2 is 1.73 bits per heavy atom. The van der Waals surface area contributed by atoms with Crippen LogP contribution in [-0.2, 0) is 9.59 Å². The molecule has 3 N–H and O–H groups in total. The Hall–Kier alpha value is -3.19. The van der Waals surface area contributed by atoms with Gasteiger partial charge in [-0.2, -0.15) is 0 Å². The van der Waals surface area contributed by atoms with Crippen LogP contribution in [0.4, 0.5) is 0 Å². The molecule has 0 radical (unpaired) electrons. The Morgan fingerprint density at radius 1 is 1.07 bits per heavy atom. The number of thiocarbonyl (C=S) groups is 1. The van der Waals surface area contributed by atoms with Gasteiger partial charge >= 0.3 is 0 Å². The van der Waals surface area contributed by atoms with E-state index in [4.69, 9.17) is 17.0 Å². The fourth-order valence-electron chi connectivity index (χ4n) is 2.47. The van der Waals surface area contributed by atoms with Crippen molar-refractivity contribution in [2.24, 2.45) is 0 Å². The molecule has 0 heterocycles. The van der Waals surface area contributed by atoms with E-state index in [0.717, 1.165) is 17.5 Å². The van der Waals surface area contributed by atoms with Crippen molar-refractivity contribution in [3.8, 4) is 5.75 Å². The molecule has 0 aromatic heterocycles. The second kappa shape index (κ2) is 11.7. The van der Waals surface area contributed by atoms with Crippen molar-refractivity contribution in [2.45, 2.75) is 33.1 Å². The molecule has 1 unspecified atom stereocenters. The standard InChI is InChI=1S/C23H27N3O3S/c1-4-17(3)19-10-12-20(13-11-19)29-15-22(28)25-26-23(30)24-21(27)14-9-18-7-5-16(2)6-8-18/h5-14,17H,4,15H2,1-3H3,(H,25,28)(H2,24,26,27,30)/b14-9+. The lowest BCUT2D eigenvalue weighted by Crippen LogP contribution is -2.49. The zero-order valence-electron chi connectivity index (χ0n) is 17.4. The lowest BCUT2D eigenvalue weighted by molar-refractivity contribution is -0.123. The molecule has 0 bridgehead atoms. The molecule has 0 aliphatic rings. The lowest BCUT2D eigenvalue weighted by atomic mass is 9.99. The molecule has 0 aliphatic heterocycles. The fourth-order valence-corrected chi connectivity index (χ4v) is 2.63. The number of hydrogen-bond acceptors (Lipinski definition) is 4. The van der Waals surface area contributed by atoms with Gasteiger partial charge in [-0.05, 0) is 60.8 Å². The highest BCUT2D eigenvalue weighted by molar-refractivity contribution is 7.80. The van der Waals surface area contributed by atoms with Crippen LogP contribution in [0.2, 0.25) is 0 Å². The number of benzene rings is 2. The van der Waals surface area contributed by atoms with Crippen LogP contribution in [0.15, 0.2) is 54.6 Å². The molecule has 7 heteroatoms. The summed E-state index contributed by atoms with van der Waals surface area (Å²) in [6, 6.07) is 15.4. The molecule has 2 aromatic carbocycles. The third-order valence-electron chi connectivity index (χ3n) is 4.49. The fraction of sp³-hybridized carbons (Fsp3) is 0.261. The monoisotopic (exact) mass is 425 g/mol. The van der Waals surface area contributed by atoms with Crippen molar-refractivity contribution in [1.82, 2.24) is 16.2 Å². The summed E-state index contributed by atoms with van der Waals surface area (Å²) in [4.78, 5) is 23.8. The highest BCUT2D eigenvalue weighted by Crippen LogP contribution is 2.21. The van der Waals surface area contributed by atoms with Crippen LogP contribution < -0.4 is 20.9 Å². The maximum absolute atomic E-state index is 11.9. The van der Waals surface area contributed by atoms with Crippen molar-refractivity contribution in [2.75, 3.05) is 6.61 Å². The lowest BCUT2D eigenvalue weighted by Gasteiger charge is -2.12. The molecule has 0 saturated carbocycles. The van der Waals surface area contributed by atoms with Gasteiger partial charge < -0.3 is 4.74 Å². The molecule has 30 heavy (non-hydrogen) atoms. The first-order valence-electron chi connectivity index (χ1n) is 9.74. The molecular formula is C23H27N3O3S. The van der Waals surface area contributed by atoms with Crippen molar-refractivity contribution in [3.63, 3.8) is 0 Å². The second-order valence-corrected chi connectivity index (χ2v) is 7.31. The van der Waals surface area contributed by atoms with E-state index in [9.17, 15) is 9.59 Å². The SMILES string of the molecule is CCC(C)c1ccc(OCC(=O)NNC(=S)NC(=O)/C=C/c2ccc(C)cc2)cc1. The molecule has 6 nitrogen and oxygen atoms in total. The van der Waals surface area contributed by atoms with Crippen LogP contribution in [-0.4, -0.2) is 23.5 Å². The zero-order chi connectivity index (χ0) is 21.9. The summed E-state index contributed by atoms with van der Waals surface area (Å²) >= 11 is 4.99. The average molecular weight is 426 g/mol. The smallest absolute Gasteiger partial charge is 0.276 e. The Balaban J connectivity index is 1.69. The minimum Gasteiger partial charge on any atom is -0.484 e. The molecule has 2 amide bonds. The van der Waals surface area contributed by atoms with Gasteiger partial charge in [0.25, 0.3) is 5.91 Å². The topological polar surface area (TPSA) is 79.5 Å². The molecule has 1 atom stereocenters. The zero-order valence-corrected chi connectivity index (χ0v) is 18.2. The molecule has 2 aromatic rings. The van der Waals surface area contributed by atoms with E-state index >= 15 is 0 Å². The highest BCUT2D eigenvalue weighted by atomic mass is 32.1. The number of hydrogen-bond donors (Lipinski definition) is 3. The number of rotatable bonds is 7. The van der Waals surface area contributed by atoms with Crippen LogP contribution >= 0.6 is 12.2 Å².